The Labute approximate surface area is 106 Å². The minimum Gasteiger partial charge on any atom is -0.445 e. The molecule has 0 saturated carbocycles. The number of hydrogen-bond acceptors (Lipinski definition) is 3. The lowest BCUT2D eigenvalue weighted by atomic mass is 10.1. The highest BCUT2D eigenvalue weighted by Gasteiger charge is 2.16. The van der Waals surface area contributed by atoms with E-state index in [0.717, 1.165) is 25.9 Å². The third-order valence-electron chi connectivity index (χ3n) is 2.98. The van der Waals surface area contributed by atoms with Crippen LogP contribution in [0.4, 0.5) is 9.18 Å². The second-order valence-electron chi connectivity index (χ2n) is 4.34. The van der Waals surface area contributed by atoms with Gasteiger partial charge in [-0.3, -0.25) is 0 Å². The number of hydrogen-bond donors (Lipinski definition) is 2. The SMILES string of the molecule is O=C(NC1CCNCC1)OCc1ccccc1F. The zero-order valence-corrected chi connectivity index (χ0v) is 10.1. The summed E-state index contributed by atoms with van der Waals surface area (Å²) in [5, 5.41) is 6.00. The lowest BCUT2D eigenvalue weighted by Crippen LogP contribution is -2.42. The van der Waals surface area contributed by atoms with Crippen LogP contribution in [0.3, 0.4) is 0 Å². The zero-order chi connectivity index (χ0) is 12.8. The van der Waals surface area contributed by atoms with Crippen molar-refractivity contribution in [3.63, 3.8) is 0 Å². The summed E-state index contributed by atoms with van der Waals surface area (Å²) in [6.07, 6.45) is 1.31. The van der Waals surface area contributed by atoms with Crippen molar-refractivity contribution in [3.05, 3.63) is 35.6 Å². The predicted molar refractivity (Wildman–Crippen MR) is 65.6 cm³/mol. The largest absolute Gasteiger partial charge is 0.445 e. The maximum absolute atomic E-state index is 13.3. The van der Waals surface area contributed by atoms with Gasteiger partial charge in [0, 0.05) is 11.6 Å². The Hall–Kier alpha value is -1.62. The van der Waals surface area contributed by atoms with Gasteiger partial charge in [0.25, 0.3) is 0 Å². The quantitative estimate of drug-likeness (QED) is 0.862. The van der Waals surface area contributed by atoms with E-state index < -0.39 is 6.09 Å². The van der Waals surface area contributed by atoms with Crippen molar-refractivity contribution in [1.29, 1.82) is 0 Å². The second kappa shape index (κ2) is 6.35. The van der Waals surface area contributed by atoms with Crippen molar-refractivity contribution in [3.8, 4) is 0 Å². The molecule has 4 nitrogen and oxygen atoms in total. The van der Waals surface area contributed by atoms with Gasteiger partial charge in [-0.1, -0.05) is 18.2 Å². The fourth-order valence-corrected chi connectivity index (χ4v) is 1.93. The van der Waals surface area contributed by atoms with Gasteiger partial charge in [-0.25, -0.2) is 9.18 Å². The molecule has 1 amide bonds. The number of ether oxygens (including phenoxy) is 1. The summed E-state index contributed by atoms with van der Waals surface area (Å²) in [7, 11) is 0. The predicted octanol–water partition coefficient (Wildman–Crippen LogP) is 1.80. The molecule has 0 spiro atoms. The summed E-state index contributed by atoms with van der Waals surface area (Å²) in [6.45, 7) is 1.76. The number of benzene rings is 1. The van der Waals surface area contributed by atoms with Gasteiger partial charge >= 0.3 is 6.09 Å². The molecule has 2 rings (SSSR count). The Bertz CT molecular complexity index is 406. The van der Waals surface area contributed by atoms with Crippen LogP contribution in [0.2, 0.25) is 0 Å². The standard InChI is InChI=1S/C13H17FN2O2/c14-12-4-2-1-3-10(12)9-18-13(17)16-11-5-7-15-8-6-11/h1-4,11,15H,5-9H2,(H,16,17). The van der Waals surface area contributed by atoms with Gasteiger partial charge in [0.15, 0.2) is 0 Å². The van der Waals surface area contributed by atoms with Gasteiger partial charge in [0.1, 0.15) is 12.4 Å². The topological polar surface area (TPSA) is 50.4 Å². The van der Waals surface area contributed by atoms with E-state index in [1.54, 1.807) is 18.2 Å². The van der Waals surface area contributed by atoms with Crippen LogP contribution >= 0.6 is 0 Å². The summed E-state index contributed by atoms with van der Waals surface area (Å²) in [5.41, 5.74) is 0.387. The van der Waals surface area contributed by atoms with E-state index in [4.69, 9.17) is 4.74 Å². The van der Waals surface area contributed by atoms with Gasteiger partial charge in [0.05, 0.1) is 0 Å². The summed E-state index contributed by atoms with van der Waals surface area (Å²) in [4.78, 5) is 11.5. The van der Waals surface area contributed by atoms with Crippen LogP contribution in [0.5, 0.6) is 0 Å². The van der Waals surface area contributed by atoms with Crippen molar-refractivity contribution >= 4 is 6.09 Å². The lowest BCUT2D eigenvalue weighted by Gasteiger charge is -2.23. The molecule has 0 atom stereocenters. The van der Waals surface area contributed by atoms with Crippen molar-refractivity contribution in [1.82, 2.24) is 10.6 Å². The molecule has 1 aromatic carbocycles. The highest BCUT2D eigenvalue weighted by atomic mass is 19.1. The summed E-state index contributed by atoms with van der Waals surface area (Å²) in [6, 6.07) is 6.43. The van der Waals surface area contributed by atoms with Crippen LogP contribution < -0.4 is 10.6 Å². The first-order chi connectivity index (χ1) is 8.75. The highest BCUT2D eigenvalue weighted by molar-refractivity contribution is 5.67. The van der Waals surface area contributed by atoms with Gasteiger partial charge in [-0.05, 0) is 32.0 Å². The molecule has 0 unspecified atom stereocenters. The number of amides is 1. The van der Waals surface area contributed by atoms with E-state index in [1.165, 1.54) is 6.07 Å². The maximum Gasteiger partial charge on any atom is 0.407 e. The van der Waals surface area contributed by atoms with Gasteiger partial charge < -0.3 is 15.4 Å². The number of alkyl carbamates (subject to hydrolysis) is 1. The molecule has 1 aromatic rings. The Balaban J connectivity index is 1.76. The average molecular weight is 252 g/mol. The maximum atomic E-state index is 13.3. The van der Waals surface area contributed by atoms with Gasteiger partial charge in [-0.2, -0.15) is 0 Å². The number of piperidine rings is 1. The molecule has 1 aliphatic rings. The Morgan fingerprint density at radius 1 is 1.39 bits per heavy atom. The minimum absolute atomic E-state index is 0.0382. The molecular weight excluding hydrogens is 235 g/mol. The van der Waals surface area contributed by atoms with Crippen LogP contribution in [0.25, 0.3) is 0 Å². The van der Waals surface area contributed by atoms with Crippen molar-refractivity contribution in [2.75, 3.05) is 13.1 Å². The number of halogens is 1. The fraction of sp³-hybridized carbons (Fsp3) is 0.462. The molecule has 5 heteroatoms. The summed E-state index contributed by atoms with van der Waals surface area (Å²) in [5.74, 6) is -0.354. The van der Waals surface area contributed by atoms with Crippen molar-refractivity contribution in [2.24, 2.45) is 0 Å². The monoisotopic (exact) mass is 252 g/mol. The summed E-state index contributed by atoms with van der Waals surface area (Å²) < 4.78 is 18.3. The molecule has 0 aromatic heterocycles. The van der Waals surface area contributed by atoms with Gasteiger partial charge in [0.2, 0.25) is 0 Å². The van der Waals surface area contributed by atoms with Crippen molar-refractivity contribution in [2.45, 2.75) is 25.5 Å². The van der Waals surface area contributed by atoms with E-state index in [1.807, 2.05) is 0 Å². The smallest absolute Gasteiger partial charge is 0.407 e. The van der Waals surface area contributed by atoms with Crippen LogP contribution in [-0.4, -0.2) is 25.2 Å². The third kappa shape index (κ3) is 3.70. The number of carbonyl (C=O) groups is 1. The molecular formula is C13H17FN2O2. The molecule has 0 aliphatic carbocycles. The number of rotatable bonds is 3. The molecule has 0 radical (unpaired) electrons. The third-order valence-corrected chi connectivity index (χ3v) is 2.98. The molecule has 1 heterocycles. The van der Waals surface area contributed by atoms with Gasteiger partial charge in [-0.15, -0.1) is 0 Å². The molecule has 0 bridgehead atoms. The molecule has 1 saturated heterocycles. The fourth-order valence-electron chi connectivity index (χ4n) is 1.93. The first-order valence-corrected chi connectivity index (χ1v) is 6.13. The van der Waals surface area contributed by atoms with E-state index in [2.05, 4.69) is 10.6 Å². The molecule has 18 heavy (non-hydrogen) atoms. The molecule has 2 N–H and O–H groups in total. The van der Waals surface area contributed by atoms with Crippen LogP contribution in [0.15, 0.2) is 24.3 Å². The first kappa shape index (κ1) is 12.8. The molecule has 98 valence electrons. The van der Waals surface area contributed by atoms with E-state index in [9.17, 15) is 9.18 Å². The van der Waals surface area contributed by atoms with E-state index in [-0.39, 0.29) is 18.5 Å². The van der Waals surface area contributed by atoms with E-state index in [0.29, 0.717) is 5.56 Å². The van der Waals surface area contributed by atoms with Crippen LogP contribution in [0, 0.1) is 5.82 Å². The zero-order valence-electron chi connectivity index (χ0n) is 10.1. The highest BCUT2D eigenvalue weighted by Crippen LogP contribution is 2.08. The Kier molecular flexibility index (Phi) is 4.52. The number of nitrogens with one attached hydrogen (secondary N) is 2. The van der Waals surface area contributed by atoms with E-state index >= 15 is 0 Å². The van der Waals surface area contributed by atoms with Crippen LogP contribution in [0.1, 0.15) is 18.4 Å². The normalized spacial score (nSPS) is 16.3. The van der Waals surface area contributed by atoms with Crippen LogP contribution in [-0.2, 0) is 11.3 Å². The van der Waals surface area contributed by atoms with Crippen molar-refractivity contribution < 1.29 is 13.9 Å². The average Bonchev–Trinajstić information content (AvgIpc) is 2.39. The molecule has 1 fully saturated rings. The Morgan fingerprint density at radius 2 is 2.11 bits per heavy atom. The Morgan fingerprint density at radius 3 is 2.83 bits per heavy atom. The lowest BCUT2D eigenvalue weighted by molar-refractivity contribution is 0.132. The summed E-state index contributed by atoms with van der Waals surface area (Å²) >= 11 is 0. The second-order valence-corrected chi connectivity index (χ2v) is 4.34. The minimum atomic E-state index is -0.481. The first-order valence-electron chi connectivity index (χ1n) is 6.13. The molecule has 1 aliphatic heterocycles. The number of carbonyl (C=O) groups excluding carboxylic acids is 1.